The Hall–Kier alpha value is -0.930. The lowest BCUT2D eigenvalue weighted by Gasteiger charge is -2.09. The molecular formula is C9H14N2O. The third-order valence-corrected chi connectivity index (χ3v) is 1.81. The smallest absolute Gasteiger partial charge is 0.0962 e. The average molecular weight is 166 g/mol. The van der Waals surface area contributed by atoms with E-state index in [2.05, 4.69) is 4.98 Å². The number of nitrogens with two attached hydrogens (primary N) is 1. The Labute approximate surface area is 72.6 Å². The normalized spacial score (nSPS) is 12.9. The summed E-state index contributed by atoms with van der Waals surface area (Å²) in [6, 6.07) is 5.79. The molecule has 0 aromatic carbocycles. The number of methoxy groups -OCH3 is 1. The van der Waals surface area contributed by atoms with E-state index in [1.165, 1.54) is 0 Å². The van der Waals surface area contributed by atoms with Crippen LogP contribution in [0.3, 0.4) is 0 Å². The predicted octanol–water partition coefficient (Wildman–Crippen LogP) is 1.25. The van der Waals surface area contributed by atoms with E-state index in [0.717, 1.165) is 11.4 Å². The molecule has 0 aliphatic heterocycles. The van der Waals surface area contributed by atoms with Crippen LogP contribution in [0.2, 0.25) is 0 Å². The van der Waals surface area contributed by atoms with Crippen LogP contribution in [-0.4, -0.2) is 12.1 Å². The molecule has 3 heteroatoms. The zero-order valence-corrected chi connectivity index (χ0v) is 7.45. The summed E-state index contributed by atoms with van der Waals surface area (Å²) in [6.45, 7) is 2.44. The Balaban J connectivity index is 2.86. The molecule has 1 aromatic heterocycles. The van der Waals surface area contributed by atoms with Gasteiger partial charge in [-0.2, -0.15) is 0 Å². The molecule has 12 heavy (non-hydrogen) atoms. The first-order valence-electron chi connectivity index (χ1n) is 3.96. The van der Waals surface area contributed by atoms with Crippen LogP contribution in [0.5, 0.6) is 0 Å². The molecule has 1 unspecified atom stereocenters. The molecule has 3 nitrogen and oxygen atoms in total. The minimum Gasteiger partial charge on any atom is -0.375 e. The first kappa shape index (κ1) is 9.16. The molecule has 0 aliphatic rings. The Morgan fingerprint density at radius 1 is 1.58 bits per heavy atom. The fourth-order valence-electron chi connectivity index (χ4n) is 0.959. The van der Waals surface area contributed by atoms with Crippen molar-refractivity contribution < 1.29 is 4.74 Å². The van der Waals surface area contributed by atoms with Crippen LogP contribution >= 0.6 is 0 Å². The van der Waals surface area contributed by atoms with Gasteiger partial charge in [0.05, 0.1) is 17.5 Å². The van der Waals surface area contributed by atoms with Crippen LogP contribution < -0.4 is 5.73 Å². The van der Waals surface area contributed by atoms with Crippen LogP contribution in [0.25, 0.3) is 0 Å². The number of hydrogen-bond donors (Lipinski definition) is 1. The molecule has 1 rings (SSSR count). The van der Waals surface area contributed by atoms with E-state index < -0.39 is 0 Å². The van der Waals surface area contributed by atoms with E-state index >= 15 is 0 Å². The van der Waals surface area contributed by atoms with E-state index in [1.54, 1.807) is 7.11 Å². The summed E-state index contributed by atoms with van der Waals surface area (Å²) in [4.78, 5) is 4.31. The maximum Gasteiger partial charge on any atom is 0.0962 e. The van der Waals surface area contributed by atoms with Crippen LogP contribution in [-0.2, 0) is 11.3 Å². The monoisotopic (exact) mass is 166 g/mol. The lowest BCUT2D eigenvalue weighted by molar-refractivity contribution is 0.116. The van der Waals surface area contributed by atoms with Gasteiger partial charge >= 0.3 is 0 Å². The number of hydrogen-bond acceptors (Lipinski definition) is 3. The second kappa shape index (κ2) is 4.18. The number of pyridine rings is 1. The van der Waals surface area contributed by atoms with Crippen molar-refractivity contribution in [3.05, 3.63) is 29.6 Å². The Bertz CT molecular complexity index is 250. The molecule has 0 saturated carbocycles. The average Bonchev–Trinajstić information content (AvgIpc) is 2.17. The fraction of sp³-hybridized carbons (Fsp3) is 0.444. The quantitative estimate of drug-likeness (QED) is 0.735. The highest BCUT2D eigenvalue weighted by Crippen LogP contribution is 2.12. The first-order chi connectivity index (χ1) is 5.77. The van der Waals surface area contributed by atoms with Crippen molar-refractivity contribution in [2.75, 3.05) is 7.11 Å². The molecule has 1 aromatic rings. The van der Waals surface area contributed by atoms with Crippen molar-refractivity contribution in [1.29, 1.82) is 0 Å². The van der Waals surface area contributed by atoms with Gasteiger partial charge in [-0.05, 0) is 19.1 Å². The number of nitrogens with zero attached hydrogens (tertiary/aromatic N) is 1. The number of rotatable bonds is 3. The minimum absolute atomic E-state index is 0.0384. The fourth-order valence-corrected chi connectivity index (χ4v) is 0.959. The first-order valence-corrected chi connectivity index (χ1v) is 3.96. The largest absolute Gasteiger partial charge is 0.375 e. The molecule has 2 N–H and O–H groups in total. The third-order valence-electron chi connectivity index (χ3n) is 1.81. The molecule has 1 heterocycles. The van der Waals surface area contributed by atoms with Crippen molar-refractivity contribution in [3.8, 4) is 0 Å². The number of ether oxygens (including phenoxy) is 1. The van der Waals surface area contributed by atoms with E-state index in [9.17, 15) is 0 Å². The van der Waals surface area contributed by atoms with Crippen molar-refractivity contribution in [3.63, 3.8) is 0 Å². The Kier molecular flexibility index (Phi) is 3.19. The molecular weight excluding hydrogens is 152 g/mol. The highest BCUT2D eigenvalue weighted by molar-refractivity contribution is 5.12. The molecule has 0 amide bonds. The molecule has 0 aliphatic carbocycles. The second-order valence-corrected chi connectivity index (χ2v) is 2.64. The van der Waals surface area contributed by atoms with Crippen molar-refractivity contribution in [1.82, 2.24) is 4.98 Å². The van der Waals surface area contributed by atoms with E-state index in [0.29, 0.717) is 6.54 Å². The third kappa shape index (κ3) is 2.03. The summed E-state index contributed by atoms with van der Waals surface area (Å²) in [6.07, 6.45) is 0.0384. The van der Waals surface area contributed by atoms with Gasteiger partial charge in [-0.1, -0.05) is 6.07 Å². The summed E-state index contributed by atoms with van der Waals surface area (Å²) in [7, 11) is 1.67. The molecule has 0 bridgehead atoms. The topological polar surface area (TPSA) is 48.1 Å². The standard InChI is InChI=1S/C9H14N2O/c1-7(12-2)9-5-3-4-8(6-10)11-9/h3-5,7H,6,10H2,1-2H3. The van der Waals surface area contributed by atoms with Gasteiger partial charge in [-0.25, -0.2) is 0 Å². The predicted molar refractivity (Wildman–Crippen MR) is 47.6 cm³/mol. The van der Waals surface area contributed by atoms with Gasteiger partial charge in [-0.15, -0.1) is 0 Å². The van der Waals surface area contributed by atoms with Gasteiger partial charge < -0.3 is 10.5 Å². The van der Waals surface area contributed by atoms with Crippen LogP contribution in [0.4, 0.5) is 0 Å². The SMILES string of the molecule is COC(C)c1cccc(CN)n1. The van der Waals surface area contributed by atoms with Gasteiger partial charge in [0.2, 0.25) is 0 Å². The molecule has 0 spiro atoms. The number of aromatic nitrogens is 1. The molecule has 0 radical (unpaired) electrons. The van der Waals surface area contributed by atoms with Gasteiger partial charge in [-0.3, -0.25) is 4.98 Å². The summed E-state index contributed by atoms with van der Waals surface area (Å²) < 4.78 is 5.13. The molecule has 66 valence electrons. The summed E-state index contributed by atoms with van der Waals surface area (Å²) >= 11 is 0. The van der Waals surface area contributed by atoms with E-state index in [4.69, 9.17) is 10.5 Å². The van der Waals surface area contributed by atoms with Crippen molar-refractivity contribution in [2.45, 2.75) is 19.6 Å². The maximum absolute atomic E-state index is 5.46. The van der Waals surface area contributed by atoms with Crippen LogP contribution in [0, 0.1) is 0 Å². The van der Waals surface area contributed by atoms with Crippen LogP contribution in [0.15, 0.2) is 18.2 Å². The molecule has 0 fully saturated rings. The zero-order chi connectivity index (χ0) is 8.97. The van der Waals surface area contributed by atoms with Crippen molar-refractivity contribution >= 4 is 0 Å². The minimum atomic E-state index is 0.0384. The van der Waals surface area contributed by atoms with E-state index in [-0.39, 0.29) is 6.10 Å². The molecule has 0 saturated heterocycles. The highest BCUT2D eigenvalue weighted by Gasteiger charge is 2.04. The summed E-state index contributed by atoms with van der Waals surface area (Å²) in [5, 5.41) is 0. The summed E-state index contributed by atoms with van der Waals surface area (Å²) in [5.41, 5.74) is 7.29. The molecule has 1 atom stereocenters. The van der Waals surface area contributed by atoms with Crippen molar-refractivity contribution in [2.24, 2.45) is 5.73 Å². The van der Waals surface area contributed by atoms with Gasteiger partial charge in [0, 0.05) is 13.7 Å². The second-order valence-electron chi connectivity index (χ2n) is 2.64. The Morgan fingerprint density at radius 2 is 2.33 bits per heavy atom. The lowest BCUT2D eigenvalue weighted by Crippen LogP contribution is -2.04. The highest BCUT2D eigenvalue weighted by atomic mass is 16.5. The van der Waals surface area contributed by atoms with E-state index in [1.807, 2.05) is 25.1 Å². The Morgan fingerprint density at radius 3 is 2.92 bits per heavy atom. The lowest BCUT2D eigenvalue weighted by atomic mass is 10.2. The van der Waals surface area contributed by atoms with Gasteiger partial charge in [0.1, 0.15) is 0 Å². The zero-order valence-electron chi connectivity index (χ0n) is 7.45. The van der Waals surface area contributed by atoms with Crippen LogP contribution in [0.1, 0.15) is 24.4 Å². The summed E-state index contributed by atoms with van der Waals surface area (Å²) in [5.74, 6) is 0. The maximum atomic E-state index is 5.46. The van der Waals surface area contributed by atoms with Gasteiger partial charge in [0.25, 0.3) is 0 Å². The van der Waals surface area contributed by atoms with Gasteiger partial charge in [0.15, 0.2) is 0 Å².